The maximum absolute atomic E-state index is 13.3. The molecule has 2 rings (SSSR count). The van der Waals surface area contributed by atoms with Crippen molar-refractivity contribution in [3.8, 4) is 0 Å². The smallest absolute Gasteiger partial charge is 0.310 e. The molecule has 0 radical (unpaired) electrons. The lowest BCUT2D eigenvalue weighted by atomic mass is 9.98. The molecule has 1 unspecified atom stereocenters. The molecule has 88 valence electrons. The van der Waals surface area contributed by atoms with Gasteiger partial charge in [0.2, 0.25) is 0 Å². The van der Waals surface area contributed by atoms with Crippen LogP contribution >= 0.6 is 0 Å². The number of hydrogen-bond donors (Lipinski definition) is 1. The molecule has 1 aromatic rings. The summed E-state index contributed by atoms with van der Waals surface area (Å²) in [6.45, 7) is 0.679. The van der Waals surface area contributed by atoms with Crippen LogP contribution in [0.15, 0.2) is 18.2 Å². The number of rotatable bonds is 1. The number of hydrogen-bond acceptors (Lipinski definition) is 1. The molecule has 0 aromatic heterocycles. The quantitative estimate of drug-likeness (QED) is 0.734. The number of nitrogens with one attached hydrogen (secondary N) is 1. The molecule has 0 spiro atoms. The Balaban J connectivity index is 2.47. The Morgan fingerprint density at radius 1 is 1.25 bits per heavy atom. The van der Waals surface area contributed by atoms with E-state index in [1.165, 1.54) is 12.1 Å². The average Bonchev–Trinajstić information content (AvgIpc) is 2.67. The second kappa shape index (κ2) is 4.05. The van der Waals surface area contributed by atoms with Crippen LogP contribution in [0.5, 0.6) is 0 Å². The second-order valence-electron chi connectivity index (χ2n) is 3.85. The summed E-state index contributed by atoms with van der Waals surface area (Å²) in [5, 5.41) is 2.95. The summed E-state index contributed by atoms with van der Waals surface area (Å²) < 4.78 is 51.3. The number of alkyl halides is 3. The first-order chi connectivity index (χ1) is 7.50. The molecule has 1 aromatic carbocycles. The molecule has 1 N–H and O–H groups in total. The summed E-state index contributed by atoms with van der Waals surface area (Å²) in [5.41, 5.74) is -1.11. The second-order valence-corrected chi connectivity index (χ2v) is 3.85. The van der Waals surface area contributed by atoms with E-state index in [1.54, 1.807) is 0 Å². The van der Waals surface area contributed by atoms with Gasteiger partial charge in [0.1, 0.15) is 5.82 Å². The van der Waals surface area contributed by atoms with E-state index in [9.17, 15) is 17.6 Å². The van der Waals surface area contributed by atoms with Gasteiger partial charge in [-0.25, -0.2) is 4.39 Å². The third-order valence-electron chi connectivity index (χ3n) is 2.77. The van der Waals surface area contributed by atoms with E-state index in [0.29, 0.717) is 13.0 Å². The van der Waals surface area contributed by atoms with Gasteiger partial charge in [0.15, 0.2) is 0 Å². The van der Waals surface area contributed by atoms with Gasteiger partial charge in [0.25, 0.3) is 0 Å². The minimum absolute atomic E-state index is 0.0185. The lowest BCUT2D eigenvalue weighted by molar-refractivity contribution is -0.140. The summed E-state index contributed by atoms with van der Waals surface area (Å²) in [4.78, 5) is 0. The van der Waals surface area contributed by atoms with Crippen molar-refractivity contribution in [3.63, 3.8) is 0 Å². The van der Waals surface area contributed by atoms with Crippen LogP contribution in [0.25, 0.3) is 0 Å². The fourth-order valence-electron chi connectivity index (χ4n) is 2.08. The van der Waals surface area contributed by atoms with Crippen LogP contribution in [-0.2, 0) is 6.18 Å². The molecule has 5 heteroatoms. The largest absolute Gasteiger partial charge is 0.419 e. The molecule has 0 amide bonds. The standard InChI is InChI=1S/C11H11F4N/c12-8-4-1-3-7(9-5-2-6-16-9)10(8)11(13,14)15/h1,3-4,9,16H,2,5-6H2. The molecule has 16 heavy (non-hydrogen) atoms. The first-order valence-electron chi connectivity index (χ1n) is 5.09. The number of benzene rings is 1. The van der Waals surface area contributed by atoms with Crippen LogP contribution < -0.4 is 5.32 Å². The highest BCUT2D eigenvalue weighted by molar-refractivity contribution is 5.34. The Hall–Kier alpha value is -1.10. The third-order valence-corrected chi connectivity index (χ3v) is 2.77. The van der Waals surface area contributed by atoms with Gasteiger partial charge in [0.05, 0.1) is 5.56 Å². The molecule has 1 aliphatic heterocycles. The van der Waals surface area contributed by atoms with Gasteiger partial charge in [-0.2, -0.15) is 13.2 Å². The first-order valence-corrected chi connectivity index (χ1v) is 5.09. The predicted octanol–water partition coefficient (Wildman–Crippen LogP) is 3.27. The van der Waals surface area contributed by atoms with Gasteiger partial charge in [-0.3, -0.25) is 0 Å². The van der Waals surface area contributed by atoms with Crippen molar-refractivity contribution in [2.24, 2.45) is 0 Å². The normalized spacial score (nSPS) is 21.4. The van der Waals surface area contributed by atoms with E-state index < -0.39 is 17.6 Å². The Morgan fingerprint density at radius 3 is 2.56 bits per heavy atom. The van der Waals surface area contributed by atoms with Gasteiger partial charge in [-0.1, -0.05) is 12.1 Å². The Labute approximate surface area is 90.5 Å². The van der Waals surface area contributed by atoms with Crippen molar-refractivity contribution in [3.05, 3.63) is 35.1 Å². The van der Waals surface area contributed by atoms with Gasteiger partial charge >= 0.3 is 6.18 Å². The van der Waals surface area contributed by atoms with E-state index in [2.05, 4.69) is 5.32 Å². The molecule has 0 bridgehead atoms. The van der Waals surface area contributed by atoms with E-state index in [-0.39, 0.29) is 11.6 Å². The molecule has 0 aliphatic carbocycles. The SMILES string of the molecule is Fc1cccc(C2CCCN2)c1C(F)(F)F. The molecular formula is C11H11F4N. The van der Waals surface area contributed by atoms with Crippen LogP contribution in [-0.4, -0.2) is 6.54 Å². The van der Waals surface area contributed by atoms with E-state index >= 15 is 0 Å². The van der Waals surface area contributed by atoms with Gasteiger partial charge in [-0.15, -0.1) is 0 Å². The summed E-state index contributed by atoms with van der Waals surface area (Å²) in [6.07, 6.45) is -3.20. The van der Waals surface area contributed by atoms with E-state index in [4.69, 9.17) is 0 Å². The fraction of sp³-hybridized carbons (Fsp3) is 0.455. The van der Waals surface area contributed by atoms with Crippen LogP contribution in [0.1, 0.15) is 30.0 Å². The van der Waals surface area contributed by atoms with Crippen molar-refractivity contribution in [1.82, 2.24) is 5.32 Å². The Kier molecular flexibility index (Phi) is 2.88. The van der Waals surface area contributed by atoms with Crippen molar-refractivity contribution < 1.29 is 17.6 Å². The topological polar surface area (TPSA) is 12.0 Å². The zero-order valence-corrected chi connectivity index (χ0v) is 8.44. The summed E-state index contributed by atoms with van der Waals surface area (Å²) in [6, 6.07) is 3.13. The van der Waals surface area contributed by atoms with Crippen molar-refractivity contribution in [2.75, 3.05) is 6.54 Å². The molecule has 1 saturated heterocycles. The Morgan fingerprint density at radius 2 is 2.00 bits per heavy atom. The van der Waals surface area contributed by atoms with Crippen molar-refractivity contribution in [1.29, 1.82) is 0 Å². The maximum atomic E-state index is 13.3. The van der Waals surface area contributed by atoms with Gasteiger partial charge in [0, 0.05) is 6.04 Å². The first kappa shape index (κ1) is 11.4. The zero-order chi connectivity index (χ0) is 11.8. The minimum Gasteiger partial charge on any atom is -0.310 e. The monoisotopic (exact) mass is 233 g/mol. The van der Waals surface area contributed by atoms with Crippen LogP contribution in [0.4, 0.5) is 17.6 Å². The highest BCUT2D eigenvalue weighted by Gasteiger charge is 2.38. The summed E-state index contributed by atoms with van der Waals surface area (Å²) >= 11 is 0. The highest BCUT2D eigenvalue weighted by Crippen LogP contribution is 2.38. The molecule has 1 heterocycles. The van der Waals surface area contributed by atoms with Crippen molar-refractivity contribution in [2.45, 2.75) is 25.1 Å². The Bertz CT molecular complexity index is 380. The lowest BCUT2D eigenvalue weighted by Gasteiger charge is -2.18. The third kappa shape index (κ3) is 2.04. The number of halogens is 4. The fourth-order valence-corrected chi connectivity index (χ4v) is 2.08. The molecular weight excluding hydrogens is 222 g/mol. The van der Waals surface area contributed by atoms with Crippen molar-refractivity contribution >= 4 is 0 Å². The van der Waals surface area contributed by atoms with Crippen LogP contribution in [0, 0.1) is 5.82 Å². The predicted molar refractivity (Wildman–Crippen MR) is 51.4 cm³/mol. The molecule has 1 aliphatic rings. The maximum Gasteiger partial charge on any atom is 0.419 e. The lowest BCUT2D eigenvalue weighted by Crippen LogP contribution is -2.19. The summed E-state index contributed by atoms with van der Waals surface area (Å²) in [5.74, 6) is -1.20. The molecule has 0 saturated carbocycles. The van der Waals surface area contributed by atoms with E-state index in [1.807, 2.05) is 0 Å². The van der Waals surface area contributed by atoms with E-state index in [0.717, 1.165) is 12.5 Å². The van der Waals surface area contributed by atoms with Gasteiger partial charge in [-0.05, 0) is 31.0 Å². The van der Waals surface area contributed by atoms with Crippen LogP contribution in [0.3, 0.4) is 0 Å². The molecule has 1 nitrogen and oxygen atoms in total. The summed E-state index contributed by atoms with van der Waals surface area (Å²) in [7, 11) is 0. The molecule has 1 fully saturated rings. The minimum atomic E-state index is -4.63. The molecule has 1 atom stereocenters. The van der Waals surface area contributed by atoms with Crippen LogP contribution in [0.2, 0.25) is 0 Å². The zero-order valence-electron chi connectivity index (χ0n) is 8.44. The van der Waals surface area contributed by atoms with Gasteiger partial charge < -0.3 is 5.32 Å². The average molecular weight is 233 g/mol. The highest BCUT2D eigenvalue weighted by atomic mass is 19.4.